The van der Waals surface area contributed by atoms with Gasteiger partial charge in [0.2, 0.25) is 15.9 Å². The van der Waals surface area contributed by atoms with Crippen LogP contribution in [0.15, 0.2) is 18.2 Å². The van der Waals surface area contributed by atoms with Crippen LogP contribution in [0.2, 0.25) is 0 Å². The maximum atomic E-state index is 13.7. The summed E-state index contributed by atoms with van der Waals surface area (Å²) in [5.41, 5.74) is 0.617. The van der Waals surface area contributed by atoms with E-state index in [4.69, 9.17) is 4.74 Å². The van der Waals surface area contributed by atoms with Crippen molar-refractivity contribution in [3.63, 3.8) is 0 Å². The average molecular weight is 427 g/mol. The number of hydrogen-bond donors (Lipinski definition) is 2. The van der Waals surface area contributed by atoms with E-state index in [9.17, 15) is 22.7 Å². The van der Waals surface area contributed by atoms with Crippen LogP contribution in [0, 0.1) is 11.7 Å². The monoisotopic (exact) mass is 427 g/mol. The fourth-order valence-corrected chi connectivity index (χ4v) is 4.41. The molecular weight excluding hydrogens is 401 g/mol. The van der Waals surface area contributed by atoms with Crippen molar-refractivity contribution in [3.8, 4) is 5.88 Å². The van der Waals surface area contributed by atoms with Crippen LogP contribution in [-0.2, 0) is 16.6 Å². The standard InChI is InChI=1S/C19H26FN3O5S/c1-28-18-17(19(24)25)15-11-14(20)3-4-16(15)23(18)12-13-5-8-22(9-6-13)10-7-21-29(2,26)27/h3-4,11,13,21H,5-10,12H2,1-2H3,(H,24,25). The van der Waals surface area contributed by atoms with Crippen LogP contribution in [-0.4, -0.2) is 68.5 Å². The Morgan fingerprint density at radius 1 is 1.34 bits per heavy atom. The van der Waals surface area contributed by atoms with Crippen LogP contribution in [0.1, 0.15) is 23.2 Å². The highest BCUT2D eigenvalue weighted by atomic mass is 32.2. The molecule has 2 aromatic rings. The molecule has 1 aliphatic rings. The normalized spacial score (nSPS) is 16.4. The van der Waals surface area contributed by atoms with E-state index in [0.717, 1.165) is 32.2 Å². The van der Waals surface area contributed by atoms with Gasteiger partial charge in [0, 0.05) is 25.0 Å². The van der Waals surface area contributed by atoms with Gasteiger partial charge < -0.3 is 19.3 Å². The molecule has 1 aromatic heterocycles. The molecule has 2 heterocycles. The molecule has 0 aliphatic carbocycles. The van der Waals surface area contributed by atoms with Gasteiger partial charge in [-0.3, -0.25) is 0 Å². The largest absolute Gasteiger partial charge is 0.482 e. The molecule has 1 fully saturated rings. The molecule has 0 bridgehead atoms. The number of aromatic carboxylic acids is 1. The van der Waals surface area contributed by atoms with Crippen molar-refractivity contribution in [1.82, 2.24) is 14.2 Å². The zero-order valence-electron chi connectivity index (χ0n) is 16.5. The molecule has 8 nitrogen and oxygen atoms in total. The van der Waals surface area contributed by atoms with Gasteiger partial charge in [-0.15, -0.1) is 0 Å². The van der Waals surface area contributed by atoms with Gasteiger partial charge in [-0.05, 0) is 50.0 Å². The number of hydrogen-bond acceptors (Lipinski definition) is 5. The first-order valence-corrected chi connectivity index (χ1v) is 11.3. The van der Waals surface area contributed by atoms with Crippen LogP contribution < -0.4 is 9.46 Å². The highest BCUT2D eigenvalue weighted by molar-refractivity contribution is 7.88. The molecule has 29 heavy (non-hydrogen) atoms. The Morgan fingerprint density at radius 2 is 2.03 bits per heavy atom. The summed E-state index contributed by atoms with van der Waals surface area (Å²) in [7, 11) is -1.76. The molecule has 1 aromatic carbocycles. The van der Waals surface area contributed by atoms with Gasteiger partial charge in [0.05, 0.1) is 18.9 Å². The van der Waals surface area contributed by atoms with Crippen molar-refractivity contribution in [2.24, 2.45) is 5.92 Å². The zero-order chi connectivity index (χ0) is 21.2. The summed E-state index contributed by atoms with van der Waals surface area (Å²) in [5, 5.41) is 9.94. The molecule has 160 valence electrons. The molecule has 1 saturated heterocycles. The molecule has 0 unspecified atom stereocenters. The number of likely N-dealkylation sites (tertiary alicyclic amines) is 1. The second kappa shape index (κ2) is 8.68. The number of nitrogens with one attached hydrogen (secondary N) is 1. The van der Waals surface area contributed by atoms with Gasteiger partial charge in [-0.2, -0.15) is 0 Å². The average Bonchev–Trinajstić information content (AvgIpc) is 2.94. The number of methoxy groups -OCH3 is 1. The van der Waals surface area contributed by atoms with Gasteiger partial charge in [-0.1, -0.05) is 0 Å². The molecule has 0 radical (unpaired) electrons. The summed E-state index contributed by atoms with van der Waals surface area (Å²) in [4.78, 5) is 14.0. The molecule has 3 rings (SSSR count). The van der Waals surface area contributed by atoms with Crippen molar-refractivity contribution >= 4 is 26.9 Å². The second-order valence-electron chi connectivity index (χ2n) is 7.41. The van der Waals surface area contributed by atoms with Crippen LogP contribution in [0.4, 0.5) is 4.39 Å². The number of carboxylic acid groups (broad SMARTS) is 1. The van der Waals surface area contributed by atoms with Gasteiger partial charge in [0.1, 0.15) is 11.4 Å². The molecule has 0 atom stereocenters. The minimum atomic E-state index is -3.18. The molecule has 0 amide bonds. The Labute approximate surface area is 169 Å². The number of aromatic nitrogens is 1. The molecule has 0 spiro atoms. The smallest absolute Gasteiger partial charge is 0.341 e. The lowest BCUT2D eigenvalue weighted by Gasteiger charge is -2.32. The minimum absolute atomic E-state index is 0.0220. The summed E-state index contributed by atoms with van der Waals surface area (Å²) in [6, 6.07) is 4.14. The third kappa shape index (κ3) is 5.06. The van der Waals surface area contributed by atoms with Gasteiger partial charge >= 0.3 is 5.97 Å². The quantitative estimate of drug-likeness (QED) is 0.666. The molecule has 0 saturated carbocycles. The number of fused-ring (bicyclic) bond motifs is 1. The van der Waals surface area contributed by atoms with Crippen LogP contribution in [0.5, 0.6) is 5.88 Å². The maximum absolute atomic E-state index is 13.7. The lowest BCUT2D eigenvalue weighted by molar-refractivity contribution is 0.0694. The van der Waals surface area contributed by atoms with Crippen LogP contribution in [0.25, 0.3) is 10.9 Å². The topological polar surface area (TPSA) is 101 Å². The minimum Gasteiger partial charge on any atom is -0.482 e. The summed E-state index contributed by atoms with van der Waals surface area (Å²) >= 11 is 0. The van der Waals surface area contributed by atoms with Gasteiger partial charge in [0.25, 0.3) is 0 Å². The highest BCUT2D eigenvalue weighted by Gasteiger charge is 2.27. The van der Waals surface area contributed by atoms with Crippen LogP contribution >= 0.6 is 0 Å². The Morgan fingerprint density at radius 3 is 2.62 bits per heavy atom. The van der Waals surface area contributed by atoms with Crippen molar-refractivity contribution in [3.05, 3.63) is 29.6 Å². The first kappa shape index (κ1) is 21.5. The summed E-state index contributed by atoms with van der Waals surface area (Å²) in [6.07, 6.45) is 2.93. The lowest BCUT2D eigenvalue weighted by atomic mass is 9.96. The SMILES string of the molecule is COc1c(C(=O)O)c2cc(F)ccc2n1CC1CCN(CCNS(C)(=O)=O)CC1. The van der Waals surface area contributed by atoms with Gasteiger partial charge in [0.15, 0.2) is 0 Å². The predicted molar refractivity (Wildman–Crippen MR) is 107 cm³/mol. The molecular formula is C19H26FN3O5S. The number of carbonyl (C=O) groups is 1. The summed E-state index contributed by atoms with van der Waals surface area (Å²) in [5.74, 6) is -1.09. The van der Waals surface area contributed by atoms with Crippen molar-refractivity contribution in [1.29, 1.82) is 0 Å². The number of benzene rings is 1. The third-order valence-corrected chi connectivity index (χ3v) is 6.05. The predicted octanol–water partition coefficient (Wildman–Crippen LogP) is 1.75. The zero-order valence-corrected chi connectivity index (χ0v) is 17.3. The number of piperidine rings is 1. The lowest BCUT2D eigenvalue weighted by Crippen LogP contribution is -2.40. The van der Waals surface area contributed by atoms with Crippen LogP contribution in [0.3, 0.4) is 0 Å². The van der Waals surface area contributed by atoms with E-state index in [0.29, 0.717) is 36.5 Å². The third-order valence-electron chi connectivity index (χ3n) is 5.33. The van der Waals surface area contributed by atoms with E-state index in [1.165, 1.54) is 19.2 Å². The number of halogens is 1. The Bertz CT molecular complexity index is 997. The van der Waals surface area contributed by atoms with Crippen molar-refractivity contribution in [2.45, 2.75) is 19.4 Å². The highest BCUT2D eigenvalue weighted by Crippen LogP contribution is 2.34. The Balaban J connectivity index is 1.72. The van der Waals surface area contributed by atoms with Crippen molar-refractivity contribution in [2.75, 3.05) is 39.5 Å². The van der Waals surface area contributed by atoms with E-state index in [1.54, 1.807) is 6.07 Å². The first-order chi connectivity index (χ1) is 13.7. The van der Waals surface area contributed by atoms with Crippen molar-refractivity contribution < 1.29 is 27.4 Å². The Hall–Kier alpha value is -2.17. The fraction of sp³-hybridized carbons (Fsp3) is 0.526. The molecule has 2 N–H and O–H groups in total. The van der Waals surface area contributed by atoms with E-state index in [2.05, 4.69) is 9.62 Å². The number of sulfonamides is 1. The Kier molecular flexibility index (Phi) is 6.45. The number of ether oxygens (including phenoxy) is 1. The molecule has 10 heteroatoms. The fourth-order valence-electron chi connectivity index (χ4n) is 3.94. The number of rotatable bonds is 8. The first-order valence-electron chi connectivity index (χ1n) is 9.45. The molecule has 1 aliphatic heterocycles. The maximum Gasteiger partial charge on any atom is 0.341 e. The van der Waals surface area contributed by atoms with E-state index in [1.807, 2.05) is 4.57 Å². The van der Waals surface area contributed by atoms with E-state index >= 15 is 0 Å². The van der Waals surface area contributed by atoms with E-state index in [-0.39, 0.29) is 11.4 Å². The summed E-state index contributed by atoms with van der Waals surface area (Å²) in [6.45, 7) is 3.27. The number of nitrogens with zero attached hydrogens (tertiary/aromatic N) is 2. The van der Waals surface area contributed by atoms with E-state index < -0.39 is 21.8 Å². The summed E-state index contributed by atoms with van der Waals surface area (Å²) < 4.78 is 45.7. The second-order valence-corrected chi connectivity index (χ2v) is 9.25. The number of carboxylic acids is 1. The van der Waals surface area contributed by atoms with Gasteiger partial charge in [-0.25, -0.2) is 22.3 Å².